The van der Waals surface area contributed by atoms with E-state index in [1.807, 2.05) is 0 Å². The van der Waals surface area contributed by atoms with Gasteiger partial charge in [-0.15, -0.1) is 5.10 Å². The molecule has 0 N–H and O–H groups in total. The number of nitrogens with zero attached hydrogens (tertiary/aromatic N) is 4. The van der Waals surface area contributed by atoms with Crippen molar-refractivity contribution in [3.63, 3.8) is 0 Å². The first-order valence-corrected chi connectivity index (χ1v) is 5.65. The molecule has 94 valence electrons. The molecule has 2 aromatic heterocycles. The van der Waals surface area contributed by atoms with E-state index < -0.39 is 0 Å². The summed E-state index contributed by atoms with van der Waals surface area (Å²) in [7, 11) is 0. The van der Waals surface area contributed by atoms with Gasteiger partial charge in [-0.2, -0.15) is 0 Å². The first-order valence-electron chi connectivity index (χ1n) is 5.65. The normalized spacial score (nSPS) is 10.8. The minimum atomic E-state index is -0.306. The van der Waals surface area contributed by atoms with Gasteiger partial charge in [-0.3, -0.25) is 9.78 Å². The van der Waals surface area contributed by atoms with Crippen molar-refractivity contribution in [2.45, 2.75) is 6.54 Å². The van der Waals surface area contributed by atoms with Gasteiger partial charge in [0.25, 0.3) is 0 Å². The van der Waals surface area contributed by atoms with E-state index in [0.717, 1.165) is 5.56 Å². The molecule has 3 aromatic rings. The number of pyridine rings is 1. The maximum Gasteiger partial charge on any atom is 0.171 e. The number of benzene rings is 1. The summed E-state index contributed by atoms with van der Waals surface area (Å²) in [6, 6.07) is 6.43. The molecule has 0 aliphatic rings. The number of carbonyl (C=O) groups excluding carboxylic acids is 1. The van der Waals surface area contributed by atoms with Gasteiger partial charge in [0, 0.05) is 17.1 Å². The molecule has 0 saturated carbocycles. The summed E-state index contributed by atoms with van der Waals surface area (Å²) in [5, 5.41) is 7.97. The van der Waals surface area contributed by atoms with Gasteiger partial charge in [-0.05, 0) is 18.2 Å². The summed E-state index contributed by atoms with van der Waals surface area (Å²) in [4.78, 5) is 14.7. The van der Waals surface area contributed by atoms with E-state index >= 15 is 0 Å². The molecular formula is C13H9FN4O. The Bertz CT molecular complexity index is 753. The molecule has 0 atom stereocenters. The second kappa shape index (κ2) is 4.56. The third kappa shape index (κ3) is 2.08. The van der Waals surface area contributed by atoms with E-state index in [0.29, 0.717) is 23.7 Å². The van der Waals surface area contributed by atoms with Crippen molar-refractivity contribution in [2.24, 2.45) is 0 Å². The summed E-state index contributed by atoms with van der Waals surface area (Å²) >= 11 is 0. The molecule has 6 heteroatoms. The smallest absolute Gasteiger partial charge is 0.171 e. The molecule has 5 nitrogen and oxygen atoms in total. The SMILES string of the molecule is O=Cc1cn(Cc2ccc(F)c3cccnc23)nn1. The van der Waals surface area contributed by atoms with Gasteiger partial charge in [-0.25, -0.2) is 9.07 Å². The van der Waals surface area contributed by atoms with Crippen molar-refractivity contribution in [2.75, 3.05) is 0 Å². The van der Waals surface area contributed by atoms with Crippen LogP contribution in [-0.2, 0) is 6.54 Å². The summed E-state index contributed by atoms with van der Waals surface area (Å²) in [5.41, 5.74) is 1.67. The highest BCUT2D eigenvalue weighted by Gasteiger charge is 2.08. The fourth-order valence-electron chi connectivity index (χ4n) is 1.94. The Morgan fingerprint density at radius 3 is 3.00 bits per heavy atom. The van der Waals surface area contributed by atoms with Crippen LogP contribution in [0.3, 0.4) is 0 Å². The number of halogens is 1. The summed E-state index contributed by atoms with van der Waals surface area (Å²) in [5.74, 6) is -0.306. The Balaban J connectivity index is 2.05. The van der Waals surface area contributed by atoms with E-state index in [1.165, 1.54) is 16.9 Å². The van der Waals surface area contributed by atoms with Crippen molar-refractivity contribution in [3.05, 3.63) is 53.7 Å². The predicted octanol–water partition coefficient (Wildman–Crippen LogP) is 1.83. The summed E-state index contributed by atoms with van der Waals surface area (Å²) in [6.07, 6.45) is 3.78. The van der Waals surface area contributed by atoms with E-state index in [9.17, 15) is 9.18 Å². The number of hydrogen-bond donors (Lipinski definition) is 0. The molecule has 2 heterocycles. The molecule has 19 heavy (non-hydrogen) atoms. The van der Waals surface area contributed by atoms with Crippen LogP contribution in [0.2, 0.25) is 0 Å². The van der Waals surface area contributed by atoms with E-state index in [1.54, 1.807) is 24.4 Å². The highest BCUT2D eigenvalue weighted by molar-refractivity contribution is 5.82. The van der Waals surface area contributed by atoms with Gasteiger partial charge < -0.3 is 0 Å². The number of carbonyl (C=O) groups is 1. The van der Waals surface area contributed by atoms with Crippen molar-refractivity contribution in [1.82, 2.24) is 20.0 Å². The minimum Gasteiger partial charge on any atom is -0.296 e. The average Bonchev–Trinajstić information content (AvgIpc) is 2.90. The zero-order valence-electron chi connectivity index (χ0n) is 9.82. The van der Waals surface area contributed by atoms with Gasteiger partial charge in [0.15, 0.2) is 6.29 Å². The monoisotopic (exact) mass is 256 g/mol. The van der Waals surface area contributed by atoms with E-state index in [-0.39, 0.29) is 11.5 Å². The van der Waals surface area contributed by atoms with E-state index in [4.69, 9.17) is 0 Å². The first kappa shape index (κ1) is 11.5. The largest absolute Gasteiger partial charge is 0.296 e. The second-order valence-corrected chi connectivity index (χ2v) is 4.06. The zero-order valence-corrected chi connectivity index (χ0v) is 9.82. The Morgan fingerprint density at radius 2 is 2.21 bits per heavy atom. The molecule has 0 bridgehead atoms. The van der Waals surface area contributed by atoms with Crippen LogP contribution in [0.5, 0.6) is 0 Å². The Morgan fingerprint density at radius 1 is 1.32 bits per heavy atom. The number of aromatic nitrogens is 4. The lowest BCUT2D eigenvalue weighted by Gasteiger charge is -2.06. The van der Waals surface area contributed by atoms with Crippen LogP contribution in [0.1, 0.15) is 16.1 Å². The standard InChI is InChI=1S/C13H9FN4O/c14-12-4-3-9(13-11(12)2-1-5-15-13)6-18-7-10(8-19)16-17-18/h1-5,7-8H,6H2. The van der Waals surface area contributed by atoms with E-state index in [2.05, 4.69) is 15.3 Å². The number of aldehydes is 1. The van der Waals surface area contributed by atoms with Crippen LogP contribution in [0.15, 0.2) is 36.7 Å². The van der Waals surface area contributed by atoms with Crippen molar-refractivity contribution >= 4 is 17.2 Å². The molecule has 0 aliphatic heterocycles. The van der Waals surface area contributed by atoms with Crippen LogP contribution in [0.25, 0.3) is 10.9 Å². The lowest BCUT2D eigenvalue weighted by Crippen LogP contribution is -2.02. The predicted molar refractivity (Wildman–Crippen MR) is 66.2 cm³/mol. The van der Waals surface area contributed by atoms with Crippen LogP contribution in [0, 0.1) is 5.82 Å². The Kier molecular flexibility index (Phi) is 2.75. The number of rotatable bonds is 3. The van der Waals surface area contributed by atoms with Crippen molar-refractivity contribution in [3.8, 4) is 0 Å². The fraction of sp³-hybridized carbons (Fsp3) is 0.0769. The molecule has 3 rings (SSSR count). The lowest BCUT2D eigenvalue weighted by molar-refractivity contribution is 0.111. The van der Waals surface area contributed by atoms with Crippen LogP contribution >= 0.6 is 0 Å². The highest BCUT2D eigenvalue weighted by atomic mass is 19.1. The second-order valence-electron chi connectivity index (χ2n) is 4.06. The van der Waals surface area contributed by atoms with Crippen LogP contribution in [-0.4, -0.2) is 26.3 Å². The molecule has 0 saturated heterocycles. The third-order valence-electron chi connectivity index (χ3n) is 2.81. The minimum absolute atomic E-state index is 0.263. The first-order chi connectivity index (χ1) is 9.28. The molecule has 0 unspecified atom stereocenters. The number of fused-ring (bicyclic) bond motifs is 1. The van der Waals surface area contributed by atoms with Gasteiger partial charge >= 0.3 is 0 Å². The van der Waals surface area contributed by atoms with Gasteiger partial charge in [-0.1, -0.05) is 11.3 Å². The van der Waals surface area contributed by atoms with Crippen molar-refractivity contribution < 1.29 is 9.18 Å². The van der Waals surface area contributed by atoms with Crippen molar-refractivity contribution in [1.29, 1.82) is 0 Å². The van der Waals surface area contributed by atoms with Gasteiger partial charge in [0.05, 0.1) is 18.3 Å². The Labute approximate surface area is 107 Å². The lowest BCUT2D eigenvalue weighted by atomic mass is 10.1. The van der Waals surface area contributed by atoms with Crippen LogP contribution < -0.4 is 0 Å². The van der Waals surface area contributed by atoms with Gasteiger partial charge in [0.1, 0.15) is 11.5 Å². The highest BCUT2D eigenvalue weighted by Crippen LogP contribution is 2.20. The maximum absolute atomic E-state index is 13.6. The molecular weight excluding hydrogens is 247 g/mol. The molecule has 0 radical (unpaired) electrons. The summed E-state index contributed by atoms with van der Waals surface area (Å²) < 4.78 is 15.2. The zero-order chi connectivity index (χ0) is 13.2. The fourth-order valence-corrected chi connectivity index (χ4v) is 1.94. The quantitative estimate of drug-likeness (QED) is 0.671. The molecule has 1 aromatic carbocycles. The summed E-state index contributed by atoms with van der Waals surface area (Å²) in [6.45, 7) is 0.384. The molecule has 0 fully saturated rings. The topological polar surface area (TPSA) is 60.7 Å². The third-order valence-corrected chi connectivity index (χ3v) is 2.81. The maximum atomic E-state index is 13.6. The molecule has 0 spiro atoms. The molecule has 0 amide bonds. The molecule has 0 aliphatic carbocycles. The number of hydrogen-bond acceptors (Lipinski definition) is 4. The average molecular weight is 256 g/mol. The van der Waals surface area contributed by atoms with Crippen LogP contribution in [0.4, 0.5) is 4.39 Å². The van der Waals surface area contributed by atoms with Gasteiger partial charge in [0.2, 0.25) is 0 Å². The Hall–Kier alpha value is -2.63.